The van der Waals surface area contributed by atoms with Crippen LogP contribution in [-0.2, 0) is 9.53 Å². The number of hydrogen-bond acceptors (Lipinski definition) is 3. The normalized spacial score (nSPS) is 24.9. The number of aliphatic hydroxyl groups is 1. The van der Waals surface area contributed by atoms with Crippen molar-refractivity contribution in [3.8, 4) is 0 Å². The molecule has 0 aromatic rings. The Balaban J connectivity index is 2.84. The predicted octanol–water partition coefficient (Wildman–Crippen LogP) is 1.16. The van der Waals surface area contributed by atoms with Gasteiger partial charge >= 0.3 is 5.97 Å². The standard InChI is InChI=1S/C5H3Cl3O3/c6-5(7,8)2-1-11-4(10)3(2)9/h1,3,9H. The van der Waals surface area contributed by atoms with E-state index in [4.69, 9.17) is 39.9 Å². The summed E-state index contributed by atoms with van der Waals surface area (Å²) in [4.78, 5) is 10.5. The lowest BCUT2D eigenvalue weighted by atomic mass is 10.2. The Bertz CT molecular complexity index is 218. The summed E-state index contributed by atoms with van der Waals surface area (Å²) >= 11 is 16.1. The molecule has 1 unspecified atom stereocenters. The quantitative estimate of drug-likeness (QED) is 0.489. The molecule has 0 saturated heterocycles. The summed E-state index contributed by atoms with van der Waals surface area (Å²) in [6, 6.07) is 0. The second kappa shape index (κ2) is 2.83. The van der Waals surface area contributed by atoms with Crippen LogP contribution in [0.1, 0.15) is 0 Å². The molecule has 6 heteroatoms. The summed E-state index contributed by atoms with van der Waals surface area (Å²) < 4.78 is 2.51. The summed E-state index contributed by atoms with van der Waals surface area (Å²) in [5, 5.41) is 9.00. The van der Waals surface area contributed by atoms with Crippen molar-refractivity contribution in [2.24, 2.45) is 0 Å². The highest BCUT2D eigenvalue weighted by Crippen LogP contribution is 2.38. The van der Waals surface area contributed by atoms with Crippen molar-refractivity contribution in [3.05, 3.63) is 11.8 Å². The zero-order valence-electron chi connectivity index (χ0n) is 5.05. The van der Waals surface area contributed by atoms with Crippen LogP contribution in [0.3, 0.4) is 0 Å². The second-order valence-corrected chi connectivity index (χ2v) is 4.19. The Kier molecular flexibility index (Phi) is 2.35. The van der Waals surface area contributed by atoms with E-state index in [9.17, 15) is 4.79 Å². The Morgan fingerprint density at radius 3 is 2.27 bits per heavy atom. The molecule has 3 nitrogen and oxygen atoms in total. The van der Waals surface area contributed by atoms with Gasteiger partial charge in [0.05, 0.1) is 5.57 Å². The largest absolute Gasteiger partial charge is 0.432 e. The summed E-state index contributed by atoms with van der Waals surface area (Å²) in [6.07, 6.45) is -0.512. The number of cyclic esters (lactones) is 1. The molecule has 0 aromatic heterocycles. The average Bonchev–Trinajstić information content (AvgIpc) is 2.11. The van der Waals surface area contributed by atoms with Crippen LogP contribution in [0.5, 0.6) is 0 Å². The van der Waals surface area contributed by atoms with Crippen molar-refractivity contribution in [2.45, 2.75) is 9.90 Å². The van der Waals surface area contributed by atoms with Gasteiger partial charge in [-0.2, -0.15) is 0 Å². The Hall–Kier alpha value is 0.0400. The molecule has 1 aliphatic heterocycles. The minimum Gasteiger partial charge on any atom is -0.432 e. The van der Waals surface area contributed by atoms with Gasteiger partial charge in [0.15, 0.2) is 6.10 Å². The topological polar surface area (TPSA) is 46.5 Å². The van der Waals surface area contributed by atoms with Crippen LogP contribution in [0.25, 0.3) is 0 Å². The Morgan fingerprint density at radius 1 is 1.55 bits per heavy atom. The first-order valence-corrected chi connectivity index (χ1v) is 3.72. The predicted molar refractivity (Wildman–Crippen MR) is 40.5 cm³/mol. The van der Waals surface area contributed by atoms with Gasteiger partial charge in [-0.3, -0.25) is 0 Å². The summed E-state index contributed by atoms with van der Waals surface area (Å²) in [5.74, 6) is -0.827. The van der Waals surface area contributed by atoms with E-state index in [2.05, 4.69) is 4.74 Å². The van der Waals surface area contributed by atoms with Gasteiger partial charge in [0.25, 0.3) is 0 Å². The van der Waals surface area contributed by atoms with Crippen LogP contribution >= 0.6 is 34.8 Å². The van der Waals surface area contributed by atoms with Crippen LogP contribution in [0.15, 0.2) is 11.8 Å². The molecule has 1 atom stereocenters. The maximum Gasteiger partial charge on any atom is 0.344 e. The van der Waals surface area contributed by atoms with Gasteiger partial charge in [-0.15, -0.1) is 0 Å². The average molecular weight is 217 g/mol. The van der Waals surface area contributed by atoms with Gasteiger partial charge in [-0.25, -0.2) is 4.79 Å². The molecule has 0 saturated carbocycles. The second-order valence-electron chi connectivity index (χ2n) is 1.91. The first-order chi connectivity index (χ1) is 4.93. The minimum absolute atomic E-state index is 0.0625. The first kappa shape index (κ1) is 9.13. The van der Waals surface area contributed by atoms with E-state index in [0.717, 1.165) is 6.26 Å². The molecule has 1 N–H and O–H groups in total. The molecule has 0 amide bonds. The molecule has 0 fully saturated rings. The maximum absolute atomic E-state index is 10.5. The lowest BCUT2D eigenvalue weighted by molar-refractivity contribution is -0.142. The fourth-order valence-corrected chi connectivity index (χ4v) is 1.04. The van der Waals surface area contributed by atoms with E-state index >= 15 is 0 Å². The van der Waals surface area contributed by atoms with Crippen molar-refractivity contribution in [3.63, 3.8) is 0 Å². The van der Waals surface area contributed by atoms with Crippen LogP contribution in [0.4, 0.5) is 0 Å². The van der Waals surface area contributed by atoms with Crippen molar-refractivity contribution < 1.29 is 14.6 Å². The third-order valence-corrected chi connectivity index (χ3v) is 1.80. The summed E-state index contributed by atoms with van der Waals surface area (Å²) in [6.45, 7) is 0. The highest BCUT2D eigenvalue weighted by Gasteiger charge is 2.40. The monoisotopic (exact) mass is 216 g/mol. The number of halogens is 3. The number of carbonyl (C=O) groups excluding carboxylic acids is 1. The van der Waals surface area contributed by atoms with Crippen LogP contribution in [0.2, 0.25) is 0 Å². The van der Waals surface area contributed by atoms with Crippen molar-refractivity contribution in [1.82, 2.24) is 0 Å². The fraction of sp³-hybridized carbons (Fsp3) is 0.400. The molecular formula is C5H3Cl3O3. The van der Waals surface area contributed by atoms with Crippen molar-refractivity contribution >= 4 is 40.8 Å². The molecule has 0 spiro atoms. The number of carbonyl (C=O) groups is 1. The molecule has 1 aliphatic rings. The molecule has 0 radical (unpaired) electrons. The van der Waals surface area contributed by atoms with Crippen LogP contribution < -0.4 is 0 Å². The Labute approximate surface area is 77.5 Å². The molecule has 62 valence electrons. The van der Waals surface area contributed by atoms with E-state index in [1.807, 2.05) is 0 Å². The van der Waals surface area contributed by atoms with Crippen LogP contribution in [0, 0.1) is 0 Å². The van der Waals surface area contributed by atoms with Gasteiger partial charge in [0, 0.05) is 0 Å². The molecule has 0 aromatic carbocycles. The highest BCUT2D eigenvalue weighted by atomic mass is 35.6. The number of esters is 1. The molecule has 0 aliphatic carbocycles. The lowest BCUT2D eigenvalue weighted by Gasteiger charge is -2.12. The van der Waals surface area contributed by atoms with Gasteiger partial charge in [0.2, 0.25) is 3.79 Å². The summed E-state index contributed by atoms with van der Waals surface area (Å²) in [5.41, 5.74) is -0.0625. The third kappa shape index (κ3) is 1.79. The molecule has 1 heterocycles. The molecule has 1 rings (SSSR count). The molecule has 0 bridgehead atoms. The number of ether oxygens (including phenoxy) is 1. The van der Waals surface area contributed by atoms with E-state index < -0.39 is 15.9 Å². The first-order valence-electron chi connectivity index (χ1n) is 2.59. The van der Waals surface area contributed by atoms with E-state index in [0.29, 0.717) is 0 Å². The van der Waals surface area contributed by atoms with E-state index in [1.165, 1.54) is 0 Å². The Morgan fingerprint density at radius 2 is 2.09 bits per heavy atom. The molecular weight excluding hydrogens is 214 g/mol. The molecule has 11 heavy (non-hydrogen) atoms. The SMILES string of the molecule is O=C1OC=C(C(Cl)(Cl)Cl)C1O. The number of aliphatic hydroxyl groups excluding tert-OH is 1. The third-order valence-electron chi connectivity index (χ3n) is 1.15. The van der Waals surface area contributed by atoms with Gasteiger partial charge in [-0.1, -0.05) is 34.8 Å². The minimum atomic E-state index is -1.79. The lowest BCUT2D eigenvalue weighted by Crippen LogP contribution is -2.24. The zero-order chi connectivity index (χ0) is 8.65. The summed E-state index contributed by atoms with van der Waals surface area (Å²) in [7, 11) is 0. The van der Waals surface area contributed by atoms with Crippen molar-refractivity contribution in [2.75, 3.05) is 0 Å². The number of hydrogen-bond donors (Lipinski definition) is 1. The van der Waals surface area contributed by atoms with Gasteiger partial charge in [0.1, 0.15) is 6.26 Å². The van der Waals surface area contributed by atoms with E-state index in [1.54, 1.807) is 0 Å². The maximum atomic E-state index is 10.5. The van der Waals surface area contributed by atoms with Gasteiger partial charge < -0.3 is 9.84 Å². The highest BCUT2D eigenvalue weighted by molar-refractivity contribution is 6.69. The van der Waals surface area contributed by atoms with Gasteiger partial charge in [-0.05, 0) is 0 Å². The smallest absolute Gasteiger partial charge is 0.344 e. The van der Waals surface area contributed by atoms with Crippen LogP contribution in [-0.4, -0.2) is 21.0 Å². The van der Waals surface area contributed by atoms with E-state index in [-0.39, 0.29) is 5.57 Å². The van der Waals surface area contributed by atoms with Crippen molar-refractivity contribution in [1.29, 1.82) is 0 Å². The fourth-order valence-electron chi connectivity index (χ4n) is 0.599. The zero-order valence-corrected chi connectivity index (χ0v) is 7.32. The number of rotatable bonds is 0. The number of alkyl halides is 3.